The summed E-state index contributed by atoms with van der Waals surface area (Å²) < 4.78 is 16.0. The summed E-state index contributed by atoms with van der Waals surface area (Å²) in [5.74, 6) is 0.101. The number of carbonyl (C=O) groups is 3. The third-order valence-corrected chi connectivity index (χ3v) is 6.56. The molecule has 1 aliphatic heterocycles. The van der Waals surface area contributed by atoms with Crippen molar-refractivity contribution in [3.05, 3.63) is 82.0 Å². The van der Waals surface area contributed by atoms with Crippen molar-refractivity contribution >= 4 is 34.9 Å². The zero-order valence-corrected chi connectivity index (χ0v) is 20.7. The highest BCUT2D eigenvalue weighted by molar-refractivity contribution is 7.12. The minimum atomic E-state index is -0.896. The number of nitrogens with one attached hydrogen (secondary N) is 2. The molecule has 36 heavy (non-hydrogen) atoms. The van der Waals surface area contributed by atoms with Crippen LogP contribution in [0.5, 0.6) is 5.75 Å². The fourth-order valence-electron chi connectivity index (χ4n) is 3.91. The number of ether oxygens (including phenoxy) is 3. The van der Waals surface area contributed by atoms with Crippen molar-refractivity contribution in [3.63, 3.8) is 0 Å². The highest BCUT2D eigenvalue weighted by atomic mass is 32.1. The van der Waals surface area contributed by atoms with Crippen LogP contribution in [0, 0.1) is 0 Å². The number of hydrogen-bond acceptors (Lipinski definition) is 7. The van der Waals surface area contributed by atoms with Gasteiger partial charge >= 0.3 is 6.09 Å². The molecule has 1 saturated heterocycles. The standard InChI is InChI=1S/C26H27N3O6S/c1-33-13-12-27-25(31)22-23(35-26(32)29(22)16-17-5-3-6-20(15-17)34-2)18-8-10-19(11-9-18)28-24(30)21-7-4-14-36-21/h3-11,14-15,22-23H,12-13,16H2,1-2H3,(H,27,31)(H,28,30). The average molecular weight is 510 g/mol. The minimum absolute atomic E-state index is 0.170. The second kappa shape index (κ2) is 11.7. The third-order valence-electron chi connectivity index (χ3n) is 5.69. The van der Waals surface area contributed by atoms with Gasteiger partial charge < -0.3 is 24.8 Å². The normalized spacial score (nSPS) is 16.9. The molecular formula is C26H27N3O6S. The Labute approximate surface area is 213 Å². The predicted octanol–water partition coefficient (Wildman–Crippen LogP) is 3.83. The summed E-state index contributed by atoms with van der Waals surface area (Å²) in [5, 5.41) is 7.49. The lowest BCUT2D eigenvalue weighted by molar-refractivity contribution is -0.126. The van der Waals surface area contributed by atoms with Crippen LogP contribution in [-0.4, -0.2) is 56.2 Å². The zero-order chi connectivity index (χ0) is 25.5. The van der Waals surface area contributed by atoms with Gasteiger partial charge in [-0.3, -0.25) is 14.5 Å². The number of thiophene rings is 1. The maximum atomic E-state index is 13.2. The maximum absolute atomic E-state index is 13.2. The van der Waals surface area contributed by atoms with Gasteiger partial charge in [-0.1, -0.05) is 30.3 Å². The molecule has 2 heterocycles. The molecule has 1 aliphatic rings. The molecule has 1 fully saturated rings. The Hall–Kier alpha value is -3.89. The van der Waals surface area contributed by atoms with E-state index in [1.54, 1.807) is 44.6 Å². The maximum Gasteiger partial charge on any atom is 0.411 e. The lowest BCUT2D eigenvalue weighted by Crippen LogP contribution is -2.47. The molecule has 0 spiro atoms. The Morgan fingerprint density at radius 3 is 2.58 bits per heavy atom. The minimum Gasteiger partial charge on any atom is -0.497 e. The first-order valence-corrected chi connectivity index (χ1v) is 12.2. The van der Waals surface area contributed by atoms with Crippen LogP contribution in [-0.2, 0) is 20.8 Å². The molecule has 2 N–H and O–H groups in total. The molecule has 4 rings (SSSR count). The van der Waals surface area contributed by atoms with Crippen molar-refractivity contribution in [2.75, 3.05) is 32.7 Å². The van der Waals surface area contributed by atoms with Crippen LogP contribution >= 0.6 is 11.3 Å². The van der Waals surface area contributed by atoms with Gasteiger partial charge in [0.15, 0.2) is 12.1 Å². The zero-order valence-electron chi connectivity index (χ0n) is 19.9. The van der Waals surface area contributed by atoms with Gasteiger partial charge in [0, 0.05) is 19.3 Å². The van der Waals surface area contributed by atoms with Crippen molar-refractivity contribution < 1.29 is 28.6 Å². The number of carbonyl (C=O) groups excluding carboxylic acids is 3. The number of anilines is 1. The number of benzene rings is 2. The van der Waals surface area contributed by atoms with Crippen molar-refractivity contribution in [2.24, 2.45) is 0 Å². The molecule has 2 unspecified atom stereocenters. The van der Waals surface area contributed by atoms with E-state index in [9.17, 15) is 14.4 Å². The molecule has 0 aliphatic carbocycles. The summed E-state index contributed by atoms with van der Waals surface area (Å²) in [5.41, 5.74) is 2.03. The fraction of sp³-hybridized carbons (Fsp3) is 0.269. The van der Waals surface area contributed by atoms with Gasteiger partial charge in [-0.2, -0.15) is 0 Å². The Bertz CT molecular complexity index is 1200. The highest BCUT2D eigenvalue weighted by Gasteiger charge is 2.46. The summed E-state index contributed by atoms with van der Waals surface area (Å²) in [4.78, 5) is 40.5. The van der Waals surface area contributed by atoms with Crippen molar-refractivity contribution in [2.45, 2.75) is 18.7 Å². The van der Waals surface area contributed by atoms with Crippen LogP contribution in [0.15, 0.2) is 66.0 Å². The van der Waals surface area contributed by atoms with Crippen LogP contribution < -0.4 is 15.4 Å². The van der Waals surface area contributed by atoms with Crippen LogP contribution in [0.2, 0.25) is 0 Å². The van der Waals surface area contributed by atoms with Gasteiger partial charge in [-0.25, -0.2) is 4.79 Å². The van der Waals surface area contributed by atoms with Crippen LogP contribution in [0.1, 0.15) is 26.9 Å². The lowest BCUT2D eigenvalue weighted by Gasteiger charge is -2.24. The topological polar surface area (TPSA) is 106 Å². The van der Waals surface area contributed by atoms with E-state index in [-0.39, 0.29) is 18.4 Å². The Kier molecular flexibility index (Phi) is 8.19. The Morgan fingerprint density at radius 1 is 1.08 bits per heavy atom. The fourth-order valence-corrected chi connectivity index (χ4v) is 4.53. The summed E-state index contributed by atoms with van der Waals surface area (Å²) >= 11 is 1.35. The van der Waals surface area contributed by atoms with Gasteiger partial charge in [0.1, 0.15) is 5.75 Å². The number of rotatable bonds is 10. The molecule has 10 heteroatoms. The molecule has 188 valence electrons. The van der Waals surface area contributed by atoms with Crippen LogP contribution in [0.25, 0.3) is 0 Å². The van der Waals surface area contributed by atoms with Gasteiger partial charge in [0.2, 0.25) is 5.91 Å². The number of methoxy groups -OCH3 is 2. The van der Waals surface area contributed by atoms with E-state index >= 15 is 0 Å². The lowest BCUT2D eigenvalue weighted by atomic mass is 10.00. The second-order valence-electron chi connectivity index (χ2n) is 8.07. The quantitative estimate of drug-likeness (QED) is 0.403. The van der Waals surface area contributed by atoms with E-state index in [0.29, 0.717) is 35.0 Å². The van der Waals surface area contributed by atoms with E-state index in [1.807, 2.05) is 35.7 Å². The second-order valence-corrected chi connectivity index (χ2v) is 9.01. The molecule has 1 aromatic heterocycles. The van der Waals surface area contributed by atoms with Gasteiger partial charge in [-0.05, 0) is 46.8 Å². The molecule has 0 radical (unpaired) electrons. The number of cyclic esters (lactones) is 1. The molecule has 9 nitrogen and oxygen atoms in total. The number of amides is 3. The summed E-state index contributed by atoms with van der Waals surface area (Å²) in [6.45, 7) is 0.809. The molecule has 2 atom stereocenters. The SMILES string of the molecule is COCCNC(=O)C1C(c2ccc(NC(=O)c3cccs3)cc2)OC(=O)N1Cc1cccc(OC)c1. The highest BCUT2D eigenvalue weighted by Crippen LogP contribution is 2.35. The van der Waals surface area contributed by atoms with Gasteiger partial charge in [-0.15, -0.1) is 11.3 Å². The van der Waals surface area contributed by atoms with E-state index in [4.69, 9.17) is 14.2 Å². The predicted molar refractivity (Wildman–Crippen MR) is 135 cm³/mol. The first-order chi connectivity index (χ1) is 17.5. The van der Waals surface area contributed by atoms with E-state index in [0.717, 1.165) is 5.56 Å². The van der Waals surface area contributed by atoms with Gasteiger partial charge in [0.05, 0.1) is 25.1 Å². The molecule has 0 bridgehead atoms. The number of nitrogens with zero attached hydrogens (tertiary/aromatic N) is 1. The average Bonchev–Trinajstić information content (AvgIpc) is 3.54. The van der Waals surface area contributed by atoms with Crippen molar-refractivity contribution in [1.29, 1.82) is 0 Å². The van der Waals surface area contributed by atoms with Crippen molar-refractivity contribution in [3.8, 4) is 5.75 Å². The van der Waals surface area contributed by atoms with Crippen LogP contribution in [0.4, 0.5) is 10.5 Å². The van der Waals surface area contributed by atoms with Gasteiger partial charge in [0.25, 0.3) is 5.91 Å². The van der Waals surface area contributed by atoms with E-state index in [1.165, 1.54) is 16.2 Å². The summed E-state index contributed by atoms with van der Waals surface area (Å²) in [6, 6.07) is 16.9. The molecule has 3 amide bonds. The summed E-state index contributed by atoms with van der Waals surface area (Å²) in [6.07, 6.45) is -1.42. The largest absolute Gasteiger partial charge is 0.497 e. The molecular weight excluding hydrogens is 482 g/mol. The number of hydrogen-bond donors (Lipinski definition) is 2. The third kappa shape index (κ3) is 5.84. The van der Waals surface area contributed by atoms with Crippen molar-refractivity contribution in [1.82, 2.24) is 10.2 Å². The first-order valence-electron chi connectivity index (χ1n) is 11.3. The summed E-state index contributed by atoms with van der Waals surface area (Å²) in [7, 11) is 3.11. The van der Waals surface area contributed by atoms with E-state index < -0.39 is 18.2 Å². The molecule has 2 aromatic carbocycles. The Balaban J connectivity index is 1.55. The monoisotopic (exact) mass is 509 g/mol. The van der Waals surface area contributed by atoms with Crippen LogP contribution in [0.3, 0.4) is 0 Å². The molecule has 0 saturated carbocycles. The molecule has 3 aromatic rings. The smallest absolute Gasteiger partial charge is 0.411 e. The Morgan fingerprint density at radius 2 is 1.89 bits per heavy atom. The first kappa shape index (κ1) is 25.2. The van der Waals surface area contributed by atoms with E-state index in [2.05, 4.69) is 10.6 Å².